The summed E-state index contributed by atoms with van der Waals surface area (Å²) in [7, 11) is 0. The van der Waals surface area contributed by atoms with E-state index in [1.54, 1.807) is 18.2 Å². The Morgan fingerprint density at radius 3 is 2.72 bits per heavy atom. The van der Waals surface area contributed by atoms with Gasteiger partial charge in [0.25, 0.3) is 0 Å². The highest BCUT2D eigenvalue weighted by Crippen LogP contribution is 2.34. The molecule has 2 aromatic rings. The van der Waals surface area contributed by atoms with Crippen molar-refractivity contribution in [3.63, 3.8) is 0 Å². The van der Waals surface area contributed by atoms with Crippen molar-refractivity contribution < 1.29 is 19.0 Å². The molecule has 154 valence electrons. The van der Waals surface area contributed by atoms with Crippen LogP contribution >= 0.6 is 0 Å². The van der Waals surface area contributed by atoms with Gasteiger partial charge in [-0.1, -0.05) is 18.2 Å². The fraction of sp³-hybridized carbons (Fsp3) is 0.435. The summed E-state index contributed by atoms with van der Waals surface area (Å²) in [5.41, 5.74) is 1.33. The van der Waals surface area contributed by atoms with Crippen molar-refractivity contribution in [2.45, 2.75) is 37.7 Å². The third-order valence-electron chi connectivity index (χ3n) is 5.92. The number of ether oxygens (including phenoxy) is 1. The molecule has 0 unspecified atom stereocenters. The number of aryl methyl sites for hydroxylation is 1. The second-order valence-electron chi connectivity index (χ2n) is 7.92. The van der Waals surface area contributed by atoms with Crippen LogP contribution in [-0.4, -0.2) is 42.2 Å². The Hall–Kier alpha value is -2.44. The molecule has 29 heavy (non-hydrogen) atoms. The van der Waals surface area contributed by atoms with Crippen LogP contribution < -0.4 is 10.1 Å². The first-order valence-electron chi connectivity index (χ1n) is 10.3. The van der Waals surface area contributed by atoms with Gasteiger partial charge in [0.15, 0.2) is 0 Å². The van der Waals surface area contributed by atoms with Crippen LogP contribution in [0.2, 0.25) is 0 Å². The summed E-state index contributed by atoms with van der Waals surface area (Å²) in [6, 6.07) is 12.3. The third kappa shape index (κ3) is 4.60. The number of piperidine rings is 1. The average Bonchev–Trinajstić information content (AvgIpc) is 2.73. The zero-order valence-electron chi connectivity index (χ0n) is 16.5. The summed E-state index contributed by atoms with van der Waals surface area (Å²) in [6.07, 6.45) is 3.21. The summed E-state index contributed by atoms with van der Waals surface area (Å²) < 4.78 is 19.9. The van der Waals surface area contributed by atoms with Crippen LogP contribution in [0, 0.1) is 5.82 Å². The van der Waals surface area contributed by atoms with Crippen LogP contribution in [0.25, 0.3) is 0 Å². The Balaban J connectivity index is 1.22. The molecule has 2 N–H and O–H groups in total. The highest BCUT2D eigenvalue weighted by atomic mass is 19.1. The maximum atomic E-state index is 14.0. The molecule has 1 fully saturated rings. The maximum Gasteiger partial charge on any atom is 0.224 e. The Morgan fingerprint density at radius 1 is 1.14 bits per heavy atom. The van der Waals surface area contributed by atoms with E-state index in [9.17, 15) is 14.3 Å². The van der Waals surface area contributed by atoms with E-state index in [0.29, 0.717) is 31.4 Å². The van der Waals surface area contributed by atoms with Crippen molar-refractivity contribution in [1.82, 2.24) is 4.90 Å². The second kappa shape index (κ2) is 8.51. The lowest BCUT2D eigenvalue weighted by molar-refractivity contribution is -0.116. The molecule has 0 saturated carbocycles. The van der Waals surface area contributed by atoms with Crippen LogP contribution in [0.15, 0.2) is 42.5 Å². The lowest BCUT2D eigenvalue weighted by Crippen LogP contribution is -2.43. The number of rotatable bonds is 6. The zero-order chi connectivity index (χ0) is 20.3. The molecule has 1 saturated heterocycles. The van der Waals surface area contributed by atoms with Crippen LogP contribution in [0.5, 0.6) is 5.75 Å². The summed E-state index contributed by atoms with van der Waals surface area (Å²) in [5, 5.41) is 13.7. The fourth-order valence-corrected chi connectivity index (χ4v) is 4.18. The number of aliphatic hydroxyl groups is 1. The summed E-state index contributed by atoms with van der Waals surface area (Å²) in [5.74, 6) is 0.559. The molecule has 0 bridgehead atoms. The minimum absolute atomic E-state index is 0.0644. The predicted octanol–water partition coefficient (Wildman–Crippen LogP) is 3.46. The van der Waals surface area contributed by atoms with Crippen molar-refractivity contribution in [3.8, 4) is 5.75 Å². The molecule has 0 atom stereocenters. The van der Waals surface area contributed by atoms with Gasteiger partial charge in [0, 0.05) is 37.3 Å². The first kappa shape index (κ1) is 19.9. The third-order valence-corrected chi connectivity index (χ3v) is 5.92. The summed E-state index contributed by atoms with van der Waals surface area (Å²) in [4.78, 5) is 13.7. The monoisotopic (exact) mass is 398 g/mol. The number of hydrogen-bond donors (Lipinski definition) is 2. The molecule has 4 rings (SSSR count). The van der Waals surface area contributed by atoms with Gasteiger partial charge in [0.1, 0.15) is 11.6 Å². The van der Waals surface area contributed by atoms with E-state index in [2.05, 4.69) is 10.2 Å². The van der Waals surface area contributed by atoms with Crippen LogP contribution in [0.1, 0.15) is 36.8 Å². The molecule has 1 amide bonds. The molecule has 2 heterocycles. The number of carbonyl (C=O) groups excluding carboxylic acids is 1. The normalized spacial score (nSPS) is 18.8. The van der Waals surface area contributed by atoms with Gasteiger partial charge in [0.2, 0.25) is 5.91 Å². The first-order chi connectivity index (χ1) is 14.0. The number of benzene rings is 2. The molecule has 6 heteroatoms. The van der Waals surface area contributed by atoms with E-state index in [1.807, 2.05) is 18.2 Å². The minimum atomic E-state index is -1.07. The fourth-order valence-electron chi connectivity index (χ4n) is 4.18. The Labute approximate surface area is 170 Å². The van der Waals surface area contributed by atoms with Crippen molar-refractivity contribution in [1.29, 1.82) is 0 Å². The number of anilines is 1. The van der Waals surface area contributed by atoms with Gasteiger partial charge in [-0.3, -0.25) is 4.79 Å². The Bertz CT molecular complexity index is 878. The number of nitrogens with one attached hydrogen (secondary N) is 1. The largest absolute Gasteiger partial charge is 0.494 e. The molecule has 2 aromatic carbocycles. The molecule has 0 radical (unpaired) electrons. The SMILES string of the molecule is O=C1CCc2cc(OCCCN3CCC(O)(c4ccccc4F)CC3)ccc2N1. The van der Waals surface area contributed by atoms with Crippen molar-refractivity contribution in [2.75, 3.05) is 31.6 Å². The number of likely N-dealkylation sites (tertiary alicyclic amines) is 1. The number of nitrogens with zero attached hydrogens (tertiary/aromatic N) is 1. The van der Waals surface area contributed by atoms with E-state index in [0.717, 1.165) is 49.5 Å². The van der Waals surface area contributed by atoms with Gasteiger partial charge in [0.05, 0.1) is 12.2 Å². The topological polar surface area (TPSA) is 61.8 Å². The highest BCUT2D eigenvalue weighted by molar-refractivity contribution is 5.93. The molecular formula is C23H27FN2O3. The summed E-state index contributed by atoms with van der Waals surface area (Å²) >= 11 is 0. The zero-order valence-corrected chi connectivity index (χ0v) is 16.5. The van der Waals surface area contributed by atoms with Crippen molar-refractivity contribution in [3.05, 3.63) is 59.4 Å². The van der Waals surface area contributed by atoms with Crippen LogP contribution in [0.4, 0.5) is 10.1 Å². The summed E-state index contributed by atoms with van der Waals surface area (Å²) in [6.45, 7) is 2.97. The van der Waals surface area contributed by atoms with Gasteiger partial charge in [-0.2, -0.15) is 0 Å². The number of fused-ring (bicyclic) bond motifs is 1. The van der Waals surface area contributed by atoms with E-state index in [4.69, 9.17) is 4.74 Å². The molecule has 2 aliphatic rings. The van der Waals surface area contributed by atoms with Gasteiger partial charge < -0.3 is 20.1 Å². The molecule has 0 spiro atoms. The van der Waals surface area contributed by atoms with Crippen LogP contribution in [-0.2, 0) is 16.8 Å². The predicted molar refractivity (Wildman–Crippen MR) is 109 cm³/mol. The smallest absolute Gasteiger partial charge is 0.224 e. The number of halogens is 1. The minimum Gasteiger partial charge on any atom is -0.494 e. The van der Waals surface area contributed by atoms with E-state index in [1.165, 1.54) is 6.07 Å². The lowest BCUT2D eigenvalue weighted by atomic mass is 9.84. The Kier molecular flexibility index (Phi) is 5.83. The van der Waals surface area contributed by atoms with Gasteiger partial charge in [-0.05, 0) is 55.5 Å². The highest BCUT2D eigenvalue weighted by Gasteiger charge is 2.35. The van der Waals surface area contributed by atoms with Crippen molar-refractivity contribution in [2.24, 2.45) is 0 Å². The molecule has 5 nitrogen and oxygen atoms in total. The van der Waals surface area contributed by atoms with Gasteiger partial charge in [-0.25, -0.2) is 4.39 Å². The maximum absolute atomic E-state index is 14.0. The standard InChI is InChI=1S/C23H27FN2O3/c24-20-5-2-1-4-19(20)23(28)10-13-26(14-11-23)12-3-15-29-18-7-8-21-17(16-18)6-9-22(27)25-21/h1-2,4-5,7-8,16,28H,3,6,9-15H2,(H,25,27). The van der Waals surface area contributed by atoms with E-state index >= 15 is 0 Å². The van der Waals surface area contributed by atoms with Gasteiger partial charge >= 0.3 is 0 Å². The first-order valence-corrected chi connectivity index (χ1v) is 10.3. The number of carbonyl (C=O) groups is 1. The molecular weight excluding hydrogens is 371 g/mol. The van der Waals surface area contributed by atoms with E-state index in [-0.39, 0.29) is 11.7 Å². The number of hydrogen-bond acceptors (Lipinski definition) is 4. The Morgan fingerprint density at radius 2 is 1.93 bits per heavy atom. The molecule has 2 aliphatic heterocycles. The number of amides is 1. The molecule has 0 aromatic heterocycles. The van der Waals surface area contributed by atoms with Crippen molar-refractivity contribution >= 4 is 11.6 Å². The van der Waals surface area contributed by atoms with Gasteiger partial charge in [-0.15, -0.1) is 0 Å². The second-order valence-corrected chi connectivity index (χ2v) is 7.92. The average molecular weight is 398 g/mol. The lowest BCUT2D eigenvalue weighted by Gasteiger charge is -2.38. The molecule has 0 aliphatic carbocycles. The quantitative estimate of drug-likeness (QED) is 0.732. The van der Waals surface area contributed by atoms with E-state index < -0.39 is 5.60 Å². The van der Waals surface area contributed by atoms with Crippen LogP contribution in [0.3, 0.4) is 0 Å².